The van der Waals surface area contributed by atoms with Crippen LogP contribution >= 0.6 is 0 Å². The molecule has 3 heteroatoms. The van der Waals surface area contributed by atoms with Crippen LogP contribution in [0.2, 0.25) is 0 Å². The van der Waals surface area contributed by atoms with E-state index in [1.54, 1.807) is 12.1 Å². The third-order valence-corrected chi connectivity index (χ3v) is 4.01. The second kappa shape index (κ2) is 7.01. The summed E-state index contributed by atoms with van der Waals surface area (Å²) in [5, 5.41) is 0. The molecule has 2 rings (SSSR count). The van der Waals surface area contributed by atoms with Crippen molar-refractivity contribution >= 4 is 0 Å². The van der Waals surface area contributed by atoms with E-state index in [1.807, 2.05) is 12.1 Å². The van der Waals surface area contributed by atoms with Crippen LogP contribution in [-0.2, 0) is 6.54 Å². The maximum Gasteiger partial charge on any atom is 0.123 e. The highest BCUT2D eigenvalue weighted by Gasteiger charge is 2.19. The summed E-state index contributed by atoms with van der Waals surface area (Å²) in [6.45, 7) is 4.51. The number of benzene rings is 1. The lowest BCUT2D eigenvalue weighted by Gasteiger charge is -2.32. The van der Waals surface area contributed by atoms with E-state index >= 15 is 0 Å². The van der Waals surface area contributed by atoms with Crippen LogP contribution in [-0.4, -0.2) is 43.5 Å². The molecular formula is C16H25FN2. The van der Waals surface area contributed by atoms with Gasteiger partial charge in [-0.1, -0.05) is 12.1 Å². The topological polar surface area (TPSA) is 6.48 Å². The predicted octanol–water partition coefficient (Wildman–Crippen LogP) is 2.99. The van der Waals surface area contributed by atoms with Crippen LogP contribution in [0, 0.1) is 11.7 Å². The van der Waals surface area contributed by atoms with Gasteiger partial charge in [0.2, 0.25) is 0 Å². The molecule has 0 spiro atoms. The van der Waals surface area contributed by atoms with Crippen LogP contribution in [0.1, 0.15) is 24.8 Å². The minimum atomic E-state index is -0.147. The second-order valence-corrected chi connectivity index (χ2v) is 5.94. The molecule has 0 saturated carbocycles. The van der Waals surface area contributed by atoms with Gasteiger partial charge in [-0.2, -0.15) is 0 Å². The predicted molar refractivity (Wildman–Crippen MR) is 77.6 cm³/mol. The third kappa shape index (κ3) is 4.92. The van der Waals surface area contributed by atoms with Crippen molar-refractivity contribution in [1.29, 1.82) is 0 Å². The van der Waals surface area contributed by atoms with Crippen LogP contribution in [0.4, 0.5) is 4.39 Å². The fourth-order valence-electron chi connectivity index (χ4n) is 2.72. The van der Waals surface area contributed by atoms with Crippen molar-refractivity contribution in [3.8, 4) is 0 Å². The monoisotopic (exact) mass is 264 g/mol. The molecule has 1 heterocycles. The molecule has 0 atom stereocenters. The molecule has 1 aromatic rings. The zero-order chi connectivity index (χ0) is 13.7. The van der Waals surface area contributed by atoms with Crippen LogP contribution in [0.15, 0.2) is 24.3 Å². The standard InChI is InChI=1S/C16H25FN2/c1-18(2)10-7-14-8-11-19(12-9-14)13-15-3-5-16(17)6-4-15/h3-6,14H,7-13H2,1-2H3. The fraction of sp³-hybridized carbons (Fsp3) is 0.625. The summed E-state index contributed by atoms with van der Waals surface area (Å²) in [6, 6.07) is 6.90. The molecule has 2 nitrogen and oxygen atoms in total. The molecule has 0 unspecified atom stereocenters. The summed E-state index contributed by atoms with van der Waals surface area (Å²) >= 11 is 0. The van der Waals surface area contributed by atoms with Gasteiger partial charge >= 0.3 is 0 Å². The van der Waals surface area contributed by atoms with Gasteiger partial charge in [-0.15, -0.1) is 0 Å². The Morgan fingerprint density at radius 1 is 1.16 bits per heavy atom. The number of halogens is 1. The van der Waals surface area contributed by atoms with Crippen molar-refractivity contribution in [2.75, 3.05) is 33.7 Å². The number of hydrogen-bond acceptors (Lipinski definition) is 2. The number of rotatable bonds is 5. The highest BCUT2D eigenvalue weighted by Crippen LogP contribution is 2.21. The van der Waals surface area contributed by atoms with Gasteiger partial charge in [0.1, 0.15) is 5.82 Å². The summed E-state index contributed by atoms with van der Waals surface area (Å²) in [4.78, 5) is 4.75. The van der Waals surface area contributed by atoms with Gasteiger partial charge in [0.05, 0.1) is 0 Å². The molecule has 0 aromatic heterocycles. The first-order valence-electron chi connectivity index (χ1n) is 7.25. The molecule has 1 aliphatic heterocycles. The summed E-state index contributed by atoms with van der Waals surface area (Å²) < 4.78 is 12.8. The van der Waals surface area contributed by atoms with E-state index in [4.69, 9.17) is 0 Å². The Labute approximate surface area is 116 Å². The van der Waals surface area contributed by atoms with E-state index in [2.05, 4.69) is 23.9 Å². The van der Waals surface area contributed by atoms with E-state index in [1.165, 1.54) is 44.5 Å². The quantitative estimate of drug-likeness (QED) is 0.806. The highest BCUT2D eigenvalue weighted by atomic mass is 19.1. The smallest absolute Gasteiger partial charge is 0.123 e. The van der Waals surface area contributed by atoms with Gasteiger partial charge in [0.15, 0.2) is 0 Å². The Hall–Kier alpha value is -0.930. The molecule has 1 fully saturated rings. The van der Waals surface area contributed by atoms with E-state index in [-0.39, 0.29) is 5.82 Å². The maximum absolute atomic E-state index is 12.8. The van der Waals surface area contributed by atoms with Crippen molar-refractivity contribution < 1.29 is 4.39 Å². The number of likely N-dealkylation sites (tertiary alicyclic amines) is 1. The zero-order valence-corrected chi connectivity index (χ0v) is 12.1. The zero-order valence-electron chi connectivity index (χ0n) is 12.1. The van der Waals surface area contributed by atoms with Crippen LogP contribution in [0.5, 0.6) is 0 Å². The normalized spacial score (nSPS) is 18.1. The molecule has 1 aliphatic rings. The van der Waals surface area contributed by atoms with Crippen LogP contribution in [0.3, 0.4) is 0 Å². The van der Waals surface area contributed by atoms with Gasteiger partial charge < -0.3 is 4.90 Å². The number of hydrogen-bond donors (Lipinski definition) is 0. The lowest BCUT2D eigenvalue weighted by atomic mass is 9.93. The van der Waals surface area contributed by atoms with Crippen molar-refractivity contribution in [1.82, 2.24) is 9.80 Å². The van der Waals surface area contributed by atoms with Gasteiger partial charge in [-0.25, -0.2) is 4.39 Å². The molecule has 1 aromatic carbocycles. The fourth-order valence-corrected chi connectivity index (χ4v) is 2.72. The molecule has 0 aliphatic carbocycles. The molecule has 0 N–H and O–H groups in total. The SMILES string of the molecule is CN(C)CCC1CCN(Cc2ccc(F)cc2)CC1. The largest absolute Gasteiger partial charge is 0.309 e. The van der Waals surface area contributed by atoms with Crippen molar-refractivity contribution in [3.05, 3.63) is 35.6 Å². The molecule has 19 heavy (non-hydrogen) atoms. The first-order chi connectivity index (χ1) is 9.13. The lowest BCUT2D eigenvalue weighted by Crippen LogP contribution is -2.34. The average molecular weight is 264 g/mol. The Balaban J connectivity index is 1.72. The minimum absolute atomic E-state index is 0.147. The maximum atomic E-state index is 12.8. The Morgan fingerprint density at radius 2 is 1.79 bits per heavy atom. The summed E-state index contributed by atoms with van der Waals surface area (Å²) in [7, 11) is 4.29. The van der Waals surface area contributed by atoms with Crippen molar-refractivity contribution in [2.45, 2.75) is 25.8 Å². The third-order valence-electron chi connectivity index (χ3n) is 4.01. The lowest BCUT2D eigenvalue weighted by molar-refractivity contribution is 0.165. The first kappa shape index (κ1) is 14.5. The number of piperidine rings is 1. The summed E-state index contributed by atoms with van der Waals surface area (Å²) in [6.07, 6.45) is 3.92. The molecule has 1 saturated heterocycles. The van der Waals surface area contributed by atoms with Gasteiger partial charge in [0, 0.05) is 6.54 Å². The van der Waals surface area contributed by atoms with Gasteiger partial charge in [-0.05, 0) is 76.6 Å². The molecule has 0 radical (unpaired) electrons. The van der Waals surface area contributed by atoms with Crippen LogP contribution < -0.4 is 0 Å². The summed E-state index contributed by atoms with van der Waals surface area (Å²) in [5.41, 5.74) is 1.22. The average Bonchev–Trinajstić information content (AvgIpc) is 2.40. The minimum Gasteiger partial charge on any atom is -0.309 e. The molecule has 0 bridgehead atoms. The van der Waals surface area contributed by atoms with E-state index in [0.29, 0.717) is 0 Å². The molecule has 106 valence electrons. The van der Waals surface area contributed by atoms with E-state index in [9.17, 15) is 4.39 Å². The van der Waals surface area contributed by atoms with Gasteiger partial charge in [0.25, 0.3) is 0 Å². The van der Waals surface area contributed by atoms with Gasteiger partial charge in [-0.3, -0.25) is 4.90 Å². The molecular weight excluding hydrogens is 239 g/mol. The molecule has 0 amide bonds. The first-order valence-corrected chi connectivity index (χ1v) is 7.25. The Morgan fingerprint density at radius 3 is 2.37 bits per heavy atom. The van der Waals surface area contributed by atoms with E-state index < -0.39 is 0 Å². The highest BCUT2D eigenvalue weighted by molar-refractivity contribution is 5.15. The Kier molecular flexibility index (Phi) is 5.34. The summed E-state index contributed by atoms with van der Waals surface area (Å²) in [5.74, 6) is 0.734. The second-order valence-electron chi connectivity index (χ2n) is 5.94. The van der Waals surface area contributed by atoms with Crippen molar-refractivity contribution in [3.63, 3.8) is 0 Å². The Bertz CT molecular complexity index is 367. The van der Waals surface area contributed by atoms with Crippen LogP contribution in [0.25, 0.3) is 0 Å². The number of nitrogens with zero attached hydrogens (tertiary/aromatic N) is 2. The van der Waals surface area contributed by atoms with E-state index in [0.717, 1.165) is 12.5 Å². The van der Waals surface area contributed by atoms with Crippen molar-refractivity contribution in [2.24, 2.45) is 5.92 Å².